The van der Waals surface area contributed by atoms with E-state index in [9.17, 15) is 31.1 Å². The molecule has 0 fully saturated rings. The first-order valence-electron chi connectivity index (χ1n) is 5.57. The summed E-state index contributed by atoms with van der Waals surface area (Å²) in [5.41, 5.74) is 0. The van der Waals surface area contributed by atoms with Gasteiger partial charge >= 0.3 is 18.3 Å². The molecule has 21 heavy (non-hydrogen) atoms. The van der Waals surface area contributed by atoms with E-state index in [1.54, 1.807) is 6.07 Å². The second-order valence-electron chi connectivity index (χ2n) is 4.00. The Labute approximate surface area is 115 Å². The van der Waals surface area contributed by atoms with E-state index in [-0.39, 0.29) is 5.75 Å². The van der Waals surface area contributed by atoms with Gasteiger partial charge in [-0.2, -0.15) is 22.0 Å². The molecule has 0 aliphatic rings. The fourth-order valence-electron chi connectivity index (χ4n) is 1.26. The highest BCUT2D eigenvalue weighted by atomic mass is 19.4. The number of alkyl halides is 6. The van der Waals surface area contributed by atoms with E-state index in [1.807, 2.05) is 0 Å². The zero-order valence-corrected chi connectivity index (χ0v) is 10.5. The average molecular weight is 316 g/mol. The molecule has 9 heteroatoms. The van der Waals surface area contributed by atoms with Gasteiger partial charge in [-0.1, -0.05) is 18.2 Å². The lowest BCUT2D eigenvalue weighted by Crippen LogP contribution is -2.50. The smallest absolute Gasteiger partial charge is 0.424 e. The highest BCUT2D eigenvalue weighted by Gasteiger charge is 2.60. The van der Waals surface area contributed by atoms with E-state index in [4.69, 9.17) is 0 Å². The second kappa shape index (κ2) is 6.23. The first-order chi connectivity index (χ1) is 9.55. The van der Waals surface area contributed by atoms with Crippen LogP contribution in [-0.2, 0) is 4.74 Å². The number of halogens is 6. The number of carbonyl (C=O) groups is 1. The summed E-state index contributed by atoms with van der Waals surface area (Å²) in [5, 5.41) is 0. The Morgan fingerprint density at radius 2 is 1.62 bits per heavy atom. The SMILES string of the molecule is CC(OC(=O)Oc1ccccc1)C(F)(F)C(F)C(F)(F)F. The lowest BCUT2D eigenvalue weighted by Gasteiger charge is -2.27. The normalized spacial score (nSPS) is 15.2. The Morgan fingerprint density at radius 1 is 1.10 bits per heavy atom. The van der Waals surface area contributed by atoms with Gasteiger partial charge in [-0.3, -0.25) is 0 Å². The molecule has 0 heterocycles. The van der Waals surface area contributed by atoms with Crippen LogP contribution in [0.25, 0.3) is 0 Å². The number of benzene rings is 1. The minimum atomic E-state index is -5.77. The molecule has 0 aliphatic heterocycles. The third kappa shape index (κ3) is 4.54. The van der Waals surface area contributed by atoms with Crippen LogP contribution in [0.5, 0.6) is 5.75 Å². The Hall–Kier alpha value is -1.93. The van der Waals surface area contributed by atoms with Gasteiger partial charge in [-0.05, 0) is 19.1 Å². The standard InChI is InChI=1S/C12H10F6O3/c1-7(11(14,15)9(13)12(16,17)18)20-10(19)21-8-5-3-2-4-6-8/h2-7,9H,1H3. The Bertz CT molecular complexity index is 474. The van der Waals surface area contributed by atoms with Crippen LogP contribution in [-0.4, -0.2) is 30.5 Å². The molecule has 0 bridgehead atoms. The van der Waals surface area contributed by atoms with Crippen molar-refractivity contribution in [2.45, 2.75) is 31.3 Å². The lowest BCUT2D eigenvalue weighted by molar-refractivity contribution is -0.265. The predicted molar refractivity (Wildman–Crippen MR) is 58.9 cm³/mol. The number of hydrogen-bond donors (Lipinski definition) is 0. The lowest BCUT2D eigenvalue weighted by atomic mass is 10.1. The molecule has 0 radical (unpaired) electrons. The highest BCUT2D eigenvalue weighted by molar-refractivity contribution is 5.64. The molecule has 1 rings (SSSR count). The van der Waals surface area contributed by atoms with Crippen molar-refractivity contribution >= 4 is 6.16 Å². The summed E-state index contributed by atoms with van der Waals surface area (Å²) in [4.78, 5) is 11.2. The number of rotatable bonds is 4. The van der Waals surface area contributed by atoms with Gasteiger partial charge < -0.3 is 9.47 Å². The number of para-hydroxylation sites is 1. The minimum Gasteiger partial charge on any atom is -0.424 e. The van der Waals surface area contributed by atoms with E-state index in [0.29, 0.717) is 6.92 Å². The molecule has 2 atom stereocenters. The monoisotopic (exact) mass is 316 g/mol. The molecule has 0 spiro atoms. The molecule has 0 amide bonds. The molecule has 0 N–H and O–H groups in total. The van der Waals surface area contributed by atoms with Crippen molar-refractivity contribution in [1.82, 2.24) is 0 Å². The quantitative estimate of drug-likeness (QED) is 0.476. The largest absolute Gasteiger partial charge is 0.514 e. The third-order valence-corrected chi connectivity index (χ3v) is 2.38. The molecular weight excluding hydrogens is 306 g/mol. The predicted octanol–water partition coefficient (Wildman–Crippen LogP) is 4.13. The Balaban J connectivity index is 2.67. The van der Waals surface area contributed by atoms with Crippen LogP contribution in [0.2, 0.25) is 0 Å². The average Bonchev–Trinajstić information content (AvgIpc) is 2.37. The van der Waals surface area contributed by atoms with E-state index in [1.165, 1.54) is 24.3 Å². The summed E-state index contributed by atoms with van der Waals surface area (Å²) < 4.78 is 83.4. The van der Waals surface area contributed by atoms with Gasteiger partial charge in [-0.25, -0.2) is 9.18 Å². The van der Waals surface area contributed by atoms with Gasteiger partial charge in [0.25, 0.3) is 6.17 Å². The van der Waals surface area contributed by atoms with Gasteiger partial charge in [-0.15, -0.1) is 0 Å². The molecule has 0 saturated heterocycles. The van der Waals surface area contributed by atoms with E-state index >= 15 is 0 Å². The summed E-state index contributed by atoms with van der Waals surface area (Å²) >= 11 is 0. The van der Waals surface area contributed by atoms with Crippen LogP contribution < -0.4 is 4.74 Å². The fraction of sp³-hybridized carbons (Fsp3) is 0.417. The van der Waals surface area contributed by atoms with E-state index < -0.39 is 30.5 Å². The Morgan fingerprint density at radius 3 is 2.10 bits per heavy atom. The van der Waals surface area contributed by atoms with Crippen molar-refractivity contribution in [2.24, 2.45) is 0 Å². The van der Waals surface area contributed by atoms with Gasteiger partial charge in [0.05, 0.1) is 0 Å². The molecule has 118 valence electrons. The third-order valence-electron chi connectivity index (χ3n) is 2.38. The molecule has 1 aromatic carbocycles. The number of hydrogen-bond acceptors (Lipinski definition) is 3. The summed E-state index contributed by atoms with van der Waals surface area (Å²) in [5.74, 6) is -5.00. The minimum absolute atomic E-state index is 0.0642. The molecule has 0 aliphatic carbocycles. The van der Waals surface area contributed by atoms with E-state index in [0.717, 1.165) is 0 Å². The van der Waals surface area contributed by atoms with Crippen molar-refractivity contribution in [2.75, 3.05) is 0 Å². The molecule has 0 aromatic heterocycles. The molecule has 0 saturated carbocycles. The fourth-order valence-corrected chi connectivity index (χ4v) is 1.26. The molecule has 3 nitrogen and oxygen atoms in total. The van der Waals surface area contributed by atoms with Gasteiger partial charge in [0.2, 0.25) is 0 Å². The van der Waals surface area contributed by atoms with Crippen molar-refractivity contribution < 1.29 is 40.6 Å². The molecular formula is C12H10F6O3. The zero-order chi connectivity index (χ0) is 16.3. The van der Waals surface area contributed by atoms with Crippen LogP contribution >= 0.6 is 0 Å². The van der Waals surface area contributed by atoms with Crippen LogP contribution in [0.4, 0.5) is 31.1 Å². The van der Waals surface area contributed by atoms with Crippen LogP contribution in [0.15, 0.2) is 30.3 Å². The first kappa shape index (κ1) is 17.1. The van der Waals surface area contributed by atoms with Crippen molar-refractivity contribution in [1.29, 1.82) is 0 Å². The van der Waals surface area contributed by atoms with Crippen LogP contribution in [0.3, 0.4) is 0 Å². The Kier molecular flexibility index (Phi) is 5.08. The number of carbonyl (C=O) groups excluding carboxylic acids is 1. The first-order valence-corrected chi connectivity index (χ1v) is 5.57. The summed E-state index contributed by atoms with van der Waals surface area (Å²) in [6, 6.07) is 7.07. The second-order valence-corrected chi connectivity index (χ2v) is 4.00. The maximum absolute atomic E-state index is 13.2. The van der Waals surface area contributed by atoms with Crippen LogP contribution in [0.1, 0.15) is 6.92 Å². The van der Waals surface area contributed by atoms with Gasteiger partial charge in [0.1, 0.15) is 5.75 Å². The van der Waals surface area contributed by atoms with Gasteiger partial charge in [0, 0.05) is 0 Å². The van der Waals surface area contributed by atoms with Crippen molar-refractivity contribution in [3.05, 3.63) is 30.3 Å². The summed E-state index contributed by atoms with van der Waals surface area (Å²) in [6.07, 6.45) is -14.6. The summed E-state index contributed by atoms with van der Waals surface area (Å²) in [6.45, 7) is 0.435. The van der Waals surface area contributed by atoms with Crippen molar-refractivity contribution in [3.63, 3.8) is 0 Å². The molecule has 2 unspecified atom stereocenters. The molecule has 1 aromatic rings. The topological polar surface area (TPSA) is 35.5 Å². The van der Waals surface area contributed by atoms with Crippen LogP contribution in [0, 0.1) is 0 Å². The maximum atomic E-state index is 13.2. The van der Waals surface area contributed by atoms with E-state index in [2.05, 4.69) is 9.47 Å². The van der Waals surface area contributed by atoms with Gasteiger partial charge in [0.15, 0.2) is 6.10 Å². The maximum Gasteiger partial charge on any atom is 0.514 e. The summed E-state index contributed by atoms with van der Waals surface area (Å²) in [7, 11) is 0. The zero-order valence-electron chi connectivity index (χ0n) is 10.5. The number of ether oxygens (including phenoxy) is 2. The van der Waals surface area contributed by atoms with Crippen molar-refractivity contribution in [3.8, 4) is 5.75 Å². The highest BCUT2D eigenvalue weighted by Crippen LogP contribution is 2.38.